The Morgan fingerprint density at radius 3 is 2.40 bits per heavy atom. The predicted octanol–water partition coefficient (Wildman–Crippen LogP) is 4.32. The van der Waals surface area contributed by atoms with Gasteiger partial charge in [0, 0.05) is 12.6 Å². The Morgan fingerprint density at radius 2 is 1.85 bits per heavy atom. The quantitative estimate of drug-likeness (QED) is 0.717. The largest absolute Gasteiger partial charge is 0.393 e. The highest BCUT2D eigenvalue weighted by Gasteiger charge is 2.32. The summed E-state index contributed by atoms with van der Waals surface area (Å²) >= 11 is 0. The van der Waals surface area contributed by atoms with Crippen molar-refractivity contribution in [2.75, 3.05) is 13.1 Å². The molecule has 1 rings (SSSR count). The standard InChI is InChI=1S/C18H37NO/c1-6-8-11-19(15(5)7-2)13-17-12-16(14(3)4)9-10-18(17)20/h14-18,20H,6-13H2,1-5H3. The SMILES string of the molecule is CCCCN(CC1CC(C(C)C)CCC1O)C(C)CC. The third-order valence-electron chi connectivity index (χ3n) is 5.41. The van der Waals surface area contributed by atoms with Crippen molar-refractivity contribution in [1.82, 2.24) is 4.90 Å². The normalized spacial score (nSPS) is 29.1. The van der Waals surface area contributed by atoms with Crippen molar-refractivity contribution in [2.24, 2.45) is 17.8 Å². The second kappa shape index (κ2) is 9.04. The fourth-order valence-corrected chi connectivity index (χ4v) is 3.50. The minimum Gasteiger partial charge on any atom is -0.393 e. The van der Waals surface area contributed by atoms with E-state index in [4.69, 9.17) is 0 Å². The van der Waals surface area contributed by atoms with Crippen LogP contribution in [0.1, 0.15) is 73.1 Å². The summed E-state index contributed by atoms with van der Waals surface area (Å²) in [6.07, 6.45) is 7.12. The second-order valence-electron chi connectivity index (χ2n) is 7.25. The fourth-order valence-electron chi connectivity index (χ4n) is 3.50. The molecule has 120 valence electrons. The summed E-state index contributed by atoms with van der Waals surface area (Å²) in [7, 11) is 0. The molecule has 2 nitrogen and oxygen atoms in total. The third kappa shape index (κ3) is 5.37. The molecular formula is C18H37NO. The molecule has 0 heterocycles. The van der Waals surface area contributed by atoms with Gasteiger partial charge in [-0.1, -0.05) is 34.1 Å². The number of rotatable bonds is 8. The van der Waals surface area contributed by atoms with Crippen molar-refractivity contribution < 1.29 is 5.11 Å². The van der Waals surface area contributed by atoms with Gasteiger partial charge in [-0.15, -0.1) is 0 Å². The molecule has 0 spiro atoms. The topological polar surface area (TPSA) is 23.5 Å². The highest BCUT2D eigenvalue weighted by molar-refractivity contribution is 4.84. The average molecular weight is 284 g/mol. The van der Waals surface area contributed by atoms with Crippen LogP contribution in [0.3, 0.4) is 0 Å². The lowest BCUT2D eigenvalue weighted by Crippen LogP contribution is -2.43. The van der Waals surface area contributed by atoms with E-state index in [9.17, 15) is 5.11 Å². The van der Waals surface area contributed by atoms with E-state index in [-0.39, 0.29) is 6.10 Å². The molecule has 0 amide bonds. The molecule has 0 bridgehead atoms. The summed E-state index contributed by atoms with van der Waals surface area (Å²) in [5.74, 6) is 2.06. The Labute approximate surface area is 126 Å². The summed E-state index contributed by atoms with van der Waals surface area (Å²) in [6.45, 7) is 13.8. The highest BCUT2D eigenvalue weighted by Crippen LogP contribution is 2.34. The van der Waals surface area contributed by atoms with Gasteiger partial charge < -0.3 is 10.0 Å². The van der Waals surface area contributed by atoms with Gasteiger partial charge in [0.05, 0.1) is 6.10 Å². The van der Waals surface area contributed by atoms with Gasteiger partial charge in [-0.3, -0.25) is 0 Å². The number of aliphatic hydroxyl groups excluding tert-OH is 1. The lowest BCUT2D eigenvalue weighted by molar-refractivity contribution is 0.0114. The summed E-state index contributed by atoms with van der Waals surface area (Å²) in [5, 5.41) is 10.4. The van der Waals surface area contributed by atoms with Gasteiger partial charge >= 0.3 is 0 Å². The van der Waals surface area contributed by atoms with Crippen molar-refractivity contribution in [3.63, 3.8) is 0 Å². The zero-order valence-corrected chi connectivity index (χ0v) is 14.4. The molecule has 0 aromatic rings. The van der Waals surface area contributed by atoms with Crippen molar-refractivity contribution in [1.29, 1.82) is 0 Å². The van der Waals surface area contributed by atoms with Gasteiger partial charge in [0.15, 0.2) is 0 Å². The van der Waals surface area contributed by atoms with Gasteiger partial charge in [-0.2, -0.15) is 0 Å². The van der Waals surface area contributed by atoms with E-state index in [0.717, 1.165) is 24.8 Å². The van der Waals surface area contributed by atoms with Crippen LogP contribution >= 0.6 is 0 Å². The molecule has 4 atom stereocenters. The molecule has 1 N–H and O–H groups in total. The average Bonchev–Trinajstić information content (AvgIpc) is 2.44. The van der Waals surface area contributed by atoms with Crippen LogP contribution in [0.5, 0.6) is 0 Å². The van der Waals surface area contributed by atoms with Gasteiger partial charge in [0.2, 0.25) is 0 Å². The molecule has 20 heavy (non-hydrogen) atoms. The zero-order valence-electron chi connectivity index (χ0n) is 14.4. The van der Waals surface area contributed by atoms with E-state index >= 15 is 0 Å². The predicted molar refractivity (Wildman–Crippen MR) is 87.9 cm³/mol. The molecule has 0 aliphatic heterocycles. The molecule has 0 radical (unpaired) electrons. The molecule has 0 aromatic carbocycles. The van der Waals surface area contributed by atoms with Gasteiger partial charge in [-0.05, 0) is 63.3 Å². The molecular weight excluding hydrogens is 246 g/mol. The second-order valence-corrected chi connectivity index (χ2v) is 7.25. The number of unbranched alkanes of at least 4 members (excludes halogenated alkanes) is 1. The maximum absolute atomic E-state index is 10.4. The molecule has 2 heteroatoms. The number of hydrogen-bond donors (Lipinski definition) is 1. The van der Waals surface area contributed by atoms with Crippen LogP contribution < -0.4 is 0 Å². The van der Waals surface area contributed by atoms with Crippen molar-refractivity contribution in [3.05, 3.63) is 0 Å². The molecule has 4 unspecified atom stereocenters. The van der Waals surface area contributed by atoms with Crippen molar-refractivity contribution in [3.8, 4) is 0 Å². The highest BCUT2D eigenvalue weighted by atomic mass is 16.3. The molecule has 1 saturated carbocycles. The number of hydrogen-bond acceptors (Lipinski definition) is 2. The number of nitrogens with zero attached hydrogens (tertiary/aromatic N) is 1. The van der Waals surface area contributed by atoms with Crippen LogP contribution in [0.15, 0.2) is 0 Å². The molecule has 1 aliphatic carbocycles. The van der Waals surface area contributed by atoms with Crippen LogP contribution in [0.4, 0.5) is 0 Å². The Morgan fingerprint density at radius 1 is 1.15 bits per heavy atom. The van der Waals surface area contributed by atoms with Crippen molar-refractivity contribution >= 4 is 0 Å². The first-order valence-corrected chi connectivity index (χ1v) is 8.91. The lowest BCUT2D eigenvalue weighted by atomic mass is 9.74. The van der Waals surface area contributed by atoms with Crippen LogP contribution in [-0.4, -0.2) is 35.2 Å². The monoisotopic (exact) mass is 283 g/mol. The van der Waals surface area contributed by atoms with Gasteiger partial charge in [0.1, 0.15) is 0 Å². The first-order valence-electron chi connectivity index (χ1n) is 8.91. The smallest absolute Gasteiger partial charge is 0.0580 e. The van der Waals surface area contributed by atoms with Gasteiger partial charge in [0.25, 0.3) is 0 Å². The summed E-state index contributed by atoms with van der Waals surface area (Å²) in [6, 6.07) is 0.646. The lowest BCUT2D eigenvalue weighted by Gasteiger charge is -2.39. The third-order valence-corrected chi connectivity index (χ3v) is 5.41. The van der Waals surface area contributed by atoms with Crippen molar-refractivity contribution in [2.45, 2.75) is 85.3 Å². The van der Waals surface area contributed by atoms with Crippen LogP contribution in [0.25, 0.3) is 0 Å². The first-order chi connectivity index (χ1) is 9.49. The minimum atomic E-state index is -0.0711. The van der Waals surface area contributed by atoms with E-state index < -0.39 is 0 Å². The maximum Gasteiger partial charge on any atom is 0.0580 e. The molecule has 1 aliphatic rings. The molecule has 1 fully saturated rings. The summed E-state index contributed by atoms with van der Waals surface area (Å²) in [5.41, 5.74) is 0. The van der Waals surface area contributed by atoms with Crippen LogP contribution in [0.2, 0.25) is 0 Å². The number of aliphatic hydroxyl groups is 1. The van der Waals surface area contributed by atoms with E-state index in [1.54, 1.807) is 0 Å². The summed E-state index contributed by atoms with van der Waals surface area (Å²) in [4.78, 5) is 2.63. The Balaban J connectivity index is 2.59. The van der Waals surface area contributed by atoms with E-state index in [0.29, 0.717) is 12.0 Å². The minimum absolute atomic E-state index is 0.0711. The van der Waals surface area contributed by atoms with Crippen LogP contribution in [-0.2, 0) is 0 Å². The maximum atomic E-state index is 10.4. The first kappa shape index (κ1) is 18.0. The van der Waals surface area contributed by atoms with E-state index in [1.165, 1.54) is 38.6 Å². The van der Waals surface area contributed by atoms with Gasteiger partial charge in [-0.25, -0.2) is 0 Å². The van der Waals surface area contributed by atoms with E-state index in [1.807, 2.05) is 0 Å². The zero-order chi connectivity index (χ0) is 15.1. The molecule has 0 aromatic heterocycles. The van der Waals surface area contributed by atoms with Crippen LogP contribution in [0, 0.1) is 17.8 Å². The van der Waals surface area contributed by atoms with E-state index in [2.05, 4.69) is 39.5 Å². The Bertz CT molecular complexity index is 254. The Kier molecular flexibility index (Phi) is 8.13. The Hall–Kier alpha value is -0.0800. The molecule has 0 saturated heterocycles. The fraction of sp³-hybridized carbons (Fsp3) is 1.00. The summed E-state index contributed by atoms with van der Waals surface area (Å²) < 4.78 is 0.